The van der Waals surface area contributed by atoms with E-state index in [1.165, 1.54) is 0 Å². The smallest absolute Gasteiger partial charge is 0.423 e. The first kappa shape index (κ1) is 16.1. The summed E-state index contributed by atoms with van der Waals surface area (Å²) in [7, 11) is -0.862. The summed E-state index contributed by atoms with van der Waals surface area (Å²) in [5.41, 5.74) is 3.82. The molecule has 0 unspecified atom stereocenters. The van der Waals surface area contributed by atoms with Crippen LogP contribution in [0.25, 0.3) is 16.6 Å². The van der Waals surface area contributed by atoms with E-state index in [1.54, 1.807) is 11.8 Å². The topological polar surface area (TPSA) is 54.6 Å². The van der Waals surface area contributed by atoms with Gasteiger partial charge in [-0.25, -0.2) is 0 Å². The minimum atomic E-state index is -0.862. The van der Waals surface area contributed by atoms with E-state index in [-0.39, 0.29) is 6.61 Å². The molecule has 122 valence electrons. The van der Waals surface area contributed by atoms with Crippen molar-refractivity contribution in [3.63, 3.8) is 0 Å². The van der Waals surface area contributed by atoms with Gasteiger partial charge in [0.25, 0.3) is 0 Å². The Kier molecular flexibility index (Phi) is 4.32. The van der Waals surface area contributed by atoms with E-state index in [9.17, 15) is 5.02 Å². The van der Waals surface area contributed by atoms with Crippen LogP contribution >= 0.6 is 23.4 Å². The monoisotopic (exact) mass is 359 g/mol. The molecule has 0 amide bonds. The number of hydrogen-bond donors (Lipinski definition) is 2. The molecule has 0 saturated heterocycles. The first-order valence-corrected chi connectivity index (χ1v) is 9.01. The number of benzene rings is 2. The molecule has 0 radical (unpaired) electrons. The fourth-order valence-electron chi connectivity index (χ4n) is 3.01. The molecule has 24 heavy (non-hydrogen) atoms. The highest BCUT2D eigenvalue weighted by Crippen LogP contribution is 2.33. The van der Waals surface area contributed by atoms with Crippen LogP contribution in [0.3, 0.4) is 0 Å². The van der Waals surface area contributed by atoms with Crippen LogP contribution in [0.2, 0.25) is 5.02 Å². The summed E-state index contributed by atoms with van der Waals surface area (Å²) < 4.78 is 7.35. The minimum Gasteiger partial charge on any atom is -0.423 e. The zero-order chi connectivity index (χ0) is 16.7. The summed E-state index contributed by atoms with van der Waals surface area (Å²) in [6, 6.07) is 11.8. The lowest BCUT2D eigenvalue weighted by Crippen LogP contribution is -2.28. The Morgan fingerprint density at radius 1 is 1.25 bits per heavy atom. The Hall–Kier alpha value is -1.44. The van der Waals surface area contributed by atoms with Gasteiger partial charge in [0.2, 0.25) is 0 Å². The fraction of sp³-hybridized carbons (Fsp3) is 0.176. The lowest BCUT2D eigenvalue weighted by molar-refractivity contribution is 0.275. The van der Waals surface area contributed by atoms with Gasteiger partial charge in [0.05, 0.1) is 18.7 Å². The zero-order valence-corrected chi connectivity index (χ0v) is 14.3. The second-order valence-electron chi connectivity index (χ2n) is 5.64. The molecule has 2 heterocycles. The van der Waals surface area contributed by atoms with Gasteiger partial charge < -0.3 is 19.4 Å². The second-order valence-corrected chi connectivity index (χ2v) is 7.22. The second kappa shape index (κ2) is 6.46. The number of thioether (sulfide) groups is 1. The van der Waals surface area contributed by atoms with Crippen LogP contribution in [0, 0.1) is 0 Å². The highest BCUT2D eigenvalue weighted by atomic mass is 35.5. The third kappa shape index (κ3) is 2.74. The van der Waals surface area contributed by atoms with Crippen molar-refractivity contribution in [3.8, 4) is 5.69 Å². The molecule has 0 atom stereocenters. The van der Waals surface area contributed by atoms with Crippen LogP contribution in [0.5, 0.6) is 0 Å². The Balaban J connectivity index is 1.86. The molecular formula is C17H15BClNO3S. The maximum atomic E-state index is 9.94. The molecule has 4 nitrogen and oxygen atoms in total. The van der Waals surface area contributed by atoms with Crippen molar-refractivity contribution in [2.45, 2.75) is 11.5 Å². The fourth-order valence-corrected chi connectivity index (χ4v) is 3.99. The van der Waals surface area contributed by atoms with E-state index in [0.717, 1.165) is 32.5 Å². The van der Waals surface area contributed by atoms with Gasteiger partial charge in [0.1, 0.15) is 0 Å². The Morgan fingerprint density at radius 3 is 2.96 bits per heavy atom. The van der Waals surface area contributed by atoms with Crippen molar-refractivity contribution in [3.05, 3.63) is 53.2 Å². The highest BCUT2D eigenvalue weighted by Gasteiger charge is 2.27. The largest absolute Gasteiger partial charge is 0.491 e. The predicted octanol–water partition coefficient (Wildman–Crippen LogP) is 2.59. The number of hydrogen-bond acceptors (Lipinski definition) is 4. The Morgan fingerprint density at radius 2 is 2.12 bits per heavy atom. The molecule has 2 N–H and O–H groups in total. The normalized spacial score (nSPS) is 13.7. The average Bonchev–Trinajstić information content (AvgIpc) is 3.13. The summed E-state index contributed by atoms with van der Waals surface area (Å²) in [5, 5.41) is 20.8. The number of fused-ring (bicyclic) bond motifs is 2. The molecule has 0 spiro atoms. The molecule has 4 rings (SSSR count). The van der Waals surface area contributed by atoms with Gasteiger partial charge in [0.15, 0.2) is 0 Å². The summed E-state index contributed by atoms with van der Waals surface area (Å²) in [4.78, 5) is 1.07. The van der Waals surface area contributed by atoms with Crippen LogP contribution in [0.1, 0.15) is 5.56 Å². The van der Waals surface area contributed by atoms with Crippen LogP contribution < -0.4 is 5.46 Å². The molecule has 0 bridgehead atoms. The highest BCUT2D eigenvalue weighted by molar-refractivity contribution is 7.99. The van der Waals surface area contributed by atoms with Gasteiger partial charge in [-0.1, -0.05) is 17.7 Å². The Bertz CT molecular complexity index is 914. The van der Waals surface area contributed by atoms with Gasteiger partial charge in [-0.3, -0.25) is 0 Å². The van der Waals surface area contributed by atoms with Gasteiger partial charge in [-0.05, 0) is 41.4 Å². The third-order valence-electron chi connectivity index (χ3n) is 4.15. The third-order valence-corrected chi connectivity index (χ3v) is 5.41. The predicted molar refractivity (Wildman–Crippen MR) is 98.5 cm³/mol. The molecule has 1 aromatic heterocycles. The first-order valence-electron chi connectivity index (χ1n) is 7.64. The van der Waals surface area contributed by atoms with E-state index in [2.05, 4.69) is 4.57 Å². The molecule has 0 aliphatic carbocycles. The van der Waals surface area contributed by atoms with E-state index >= 15 is 0 Å². The number of nitrogens with zero attached hydrogens (tertiary/aromatic N) is 1. The number of rotatable bonds is 4. The van der Waals surface area contributed by atoms with Gasteiger partial charge in [-0.2, -0.15) is 0 Å². The van der Waals surface area contributed by atoms with Crippen molar-refractivity contribution >= 4 is 46.8 Å². The lowest BCUT2D eigenvalue weighted by Gasteiger charge is -2.08. The molecule has 2 aromatic carbocycles. The Labute approximate surface area is 149 Å². The maximum Gasteiger partial charge on any atom is 0.491 e. The molecule has 0 fully saturated rings. The molecule has 7 heteroatoms. The molecule has 3 aromatic rings. The minimum absolute atomic E-state index is 0.125. The molecule has 1 aliphatic rings. The summed E-state index contributed by atoms with van der Waals surface area (Å²) in [5.74, 6) is 0.627. The van der Waals surface area contributed by atoms with E-state index in [1.807, 2.05) is 42.6 Å². The van der Waals surface area contributed by atoms with Crippen molar-refractivity contribution in [2.24, 2.45) is 0 Å². The van der Waals surface area contributed by atoms with E-state index in [0.29, 0.717) is 17.4 Å². The van der Waals surface area contributed by atoms with Crippen LogP contribution in [0.15, 0.2) is 47.5 Å². The molecule has 0 saturated carbocycles. The molecular weight excluding hydrogens is 345 g/mol. The summed E-state index contributed by atoms with van der Waals surface area (Å²) >= 11 is 7.75. The van der Waals surface area contributed by atoms with Crippen molar-refractivity contribution < 1.29 is 14.8 Å². The number of aromatic nitrogens is 1. The van der Waals surface area contributed by atoms with E-state index < -0.39 is 7.12 Å². The van der Waals surface area contributed by atoms with Crippen LogP contribution in [-0.4, -0.2) is 34.2 Å². The zero-order valence-electron chi connectivity index (χ0n) is 12.8. The first-order chi connectivity index (χ1) is 11.7. The van der Waals surface area contributed by atoms with Crippen molar-refractivity contribution in [2.75, 3.05) is 12.4 Å². The maximum absolute atomic E-state index is 9.94. The standard InChI is InChI=1S/C17H15BClNO3S/c19-12-2-4-16-14(7-12)17(24-6-5-21)9-20(16)13-3-1-11-10-23-18(22)15(11)8-13/h1-4,7-9,21-22H,5-6,10H2. The van der Waals surface area contributed by atoms with Crippen molar-refractivity contribution in [1.29, 1.82) is 0 Å². The number of halogens is 1. The SMILES string of the molecule is OCCSc1cn(-c2ccc3c(c2)B(O)OC3)c2ccc(Cl)cc12. The summed E-state index contributed by atoms with van der Waals surface area (Å²) in [6.45, 7) is 0.566. The van der Waals surface area contributed by atoms with Crippen LogP contribution in [0.4, 0.5) is 0 Å². The quantitative estimate of drug-likeness (QED) is 0.555. The van der Waals surface area contributed by atoms with Gasteiger partial charge >= 0.3 is 7.12 Å². The average molecular weight is 360 g/mol. The number of aliphatic hydroxyl groups excluding tert-OH is 1. The van der Waals surface area contributed by atoms with E-state index in [4.69, 9.17) is 21.4 Å². The molecule has 1 aliphatic heterocycles. The van der Waals surface area contributed by atoms with Gasteiger partial charge in [-0.15, -0.1) is 11.8 Å². The summed E-state index contributed by atoms with van der Waals surface area (Å²) in [6.07, 6.45) is 2.05. The van der Waals surface area contributed by atoms with Gasteiger partial charge in [0, 0.05) is 32.9 Å². The number of aliphatic hydroxyl groups is 1. The van der Waals surface area contributed by atoms with Crippen molar-refractivity contribution in [1.82, 2.24) is 4.57 Å². The lowest BCUT2D eigenvalue weighted by atomic mass is 9.79. The van der Waals surface area contributed by atoms with Crippen LogP contribution in [-0.2, 0) is 11.3 Å².